The van der Waals surface area contributed by atoms with Crippen LogP contribution < -0.4 is 21.9 Å². The molecule has 170 valence electrons. The summed E-state index contributed by atoms with van der Waals surface area (Å²) >= 11 is 0. The van der Waals surface area contributed by atoms with Gasteiger partial charge in [-0.05, 0) is 37.6 Å². The molecule has 0 aliphatic rings. The van der Waals surface area contributed by atoms with E-state index < -0.39 is 16.9 Å². The van der Waals surface area contributed by atoms with Gasteiger partial charge in [0.25, 0.3) is 5.69 Å². The molecule has 0 radical (unpaired) electrons. The predicted molar refractivity (Wildman–Crippen MR) is 118 cm³/mol. The number of aldehydes is 1. The molecule has 31 heavy (non-hydrogen) atoms. The topological polar surface area (TPSA) is 185 Å². The second-order valence-corrected chi connectivity index (χ2v) is 6.21. The van der Waals surface area contributed by atoms with E-state index in [1.165, 1.54) is 24.3 Å². The van der Waals surface area contributed by atoms with E-state index in [-0.39, 0.29) is 5.69 Å². The maximum Gasteiger partial charge on any atom is 0.320 e. The van der Waals surface area contributed by atoms with Crippen molar-refractivity contribution >= 4 is 17.9 Å². The molecule has 0 aliphatic carbocycles. The number of hydrogen-bond acceptors (Lipinski definition) is 8. The Labute approximate surface area is 181 Å². The van der Waals surface area contributed by atoms with Crippen LogP contribution in [0.25, 0.3) is 0 Å². The van der Waals surface area contributed by atoms with Crippen molar-refractivity contribution in [3.05, 3.63) is 69.8 Å². The third kappa shape index (κ3) is 12.1. The fourth-order valence-corrected chi connectivity index (χ4v) is 2.18. The van der Waals surface area contributed by atoms with Crippen molar-refractivity contribution < 1.29 is 24.4 Å². The van der Waals surface area contributed by atoms with Crippen molar-refractivity contribution in [1.29, 1.82) is 0 Å². The Kier molecular flexibility index (Phi) is 14.7. The summed E-state index contributed by atoms with van der Waals surface area (Å²) in [5, 5.41) is 18.4. The minimum absolute atomic E-state index is 0.00407. The van der Waals surface area contributed by atoms with Crippen molar-refractivity contribution in [3.63, 3.8) is 0 Å². The summed E-state index contributed by atoms with van der Waals surface area (Å²) in [5.74, 6) is -0.0676. The zero-order valence-corrected chi connectivity index (χ0v) is 17.5. The summed E-state index contributed by atoms with van der Waals surface area (Å²) in [6, 6.07) is 12.4. The lowest BCUT2D eigenvalue weighted by atomic mass is 10.1. The number of benzene rings is 2. The molecular weight excluding hydrogens is 404 g/mol. The largest absolute Gasteiger partial charge is 0.496 e. The molecule has 0 fully saturated rings. The molecule has 1 atom stereocenters. The highest BCUT2D eigenvalue weighted by atomic mass is 16.6. The number of nitrogens with zero attached hydrogens (tertiary/aromatic N) is 1. The summed E-state index contributed by atoms with van der Waals surface area (Å²) < 4.78 is 5.06. The molecule has 0 bridgehead atoms. The van der Waals surface area contributed by atoms with Crippen molar-refractivity contribution in [1.82, 2.24) is 0 Å². The SMILES string of the molecule is COc1ccccc1CN.NCCCC[C@H](N)C(=O)O.O=Cc1ccc([N+](=O)[O-])cc1. The van der Waals surface area contributed by atoms with Gasteiger partial charge in [-0.25, -0.2) is 0 Å². The number of unbranched alkanes of at least 4 members (excludes halogenated alkanes) is 1. The number of carbonyl (C=O) groups excluding carboxylic acids is 1. The lowest BCUT2D eigenvalue weighted by Crippen LogP contribution is -2.29. The van der Waals surface area contributed by atoms with Gasteiger partial charge in [0.15, 0.2) is 0 Å². The van der Waals surface area contributed by atoms with Crippen LogP contribution in [0.3, 0.4) is 0 Å². The molecule has 0 saturated heterocycles. The molecule has 2 aromatic rings. The molecule has 0 aromatic heterocycles. The number of carbonyl (C=O) groups is 2. The average Bonchev–Trinajstić information content (AvgIpc) is 2.79. The predicted octanol–water partition coefficient (Wildman–Crippen LogP) is 2.09. The summed E-state index contributed by atoms with van der Waals surface area (Å²) in [6.07, 6.45) is 2.81. The number of carboxylic acid groups (broad SMARTS) is 1. The highest BCUT2D eigenvalue weighted by molar-refractivity contribution is 5.75. The van der Waals surface area contributed by atoms with Crippen LogP contribution in [0.15, 0.2) is 48.5 Å². The van der Waals surface area contributed by atoms with Crippen LogP contribution in [0.5, 0.6) is 5.75 Å². The van der Waals surface area contributed by atoms with Crippen molar-refractivity contribution in [3.8, 4) is 5.75 Å². The van der Waals surface area contributed by atoms with Gasteiger partial charge in [0.05, 0.1) is 12.0 Å². The number of nitrogens with two attached hydrogens (primary N) is 3. The first-order valence-electron chi connectivity index (χ1n) is 9.50. The summed E-state index contributed by atoms with van der Waals surface area (Å²) in [7, 11) is 1.65. The zero-order valence-electron chi connectivity index (χ0n) is 17.5. The molecule has 10 heteroatoms. The number of aliphatic carboxylic acids is 1. The maximum atomic E-state index is 10.1. The Morgan fingerprint density at radius 1 is 1.16 bits per heavy atom. The van der Waals surface area contributed by atoms with Crippen molar-refractivity contribution in [2.24, 2.45) is 17.2 Å². The van der Waals surface area contributed by atoms with Gasteiger partial charge in [-0.1, -0.05) is 24.6 Å². The van der Waals surface area contributed by atoms with Crippen LogP contribution in [-0.2, 0) is 11.3 Å². The number of ether oxygens (including phenoxy) is 1. The van der Waals surface area contributed by atoms with Gasteiger partial charge in [0.1, 0.15) is 18.1 Å². The summed E-state index contributed by atoms with van der Waals surface area (Å²) in [6.45, 7) is 1.14. The lowest BCUT2D eigenvalue weighted by molar-refractivity contribution is -0.384. The molecule has 0 spiro atoms. The molecule has 2 rings (SSSR count). The number of nitro benzene ring substituents is 1. The Hall–Kier alpha value is -3.34. The van der Waals surface area contributed by atoms with E-state index in [2.05, 4.69) is 0 Å². The maximum absolute atomic E-state index is 10.1. The third-order valence-corrected chi connectivity index (χ3v) is 3.94. The molecular formula is C21H30N4O6. The van der Waals surface area contributed by atoms with E-state index in [0.29, 0.717) is 31.4 Å². The number of rotatable bonds is 9. The third-order valence-electron chi connectivity index (χ3n) is 3.94. The first-order chi connectivity index (χ1) is 14.8. The minimum Gasteiger partial charge on any atom is -0.496 e. The number of carboxylic acids is 1. The van der Waals surface area contributed by atoms with Crippen LogP contribution in [-0.4, -0.2) is 42.0 Å². The Bertz CT molecular complexity index is 776. The molecule has 0 heterocycles. The number of hydrogen-bond donors (Lipinski definition) is 4. The van der Waals surface area contributed by atoms with Crippen LogP contribution in [0.2, 0.25) is 0 Å². The monoisotopic (exact) mass is 434 g/mol. The molecule has 10 nitrogen and oxygen atoms in total. The Morgan fingerprint density at radius 3 is 2.19 bits per heavy atom. The van der Waals surface area contributed by atoms with Gasteiger partial charge in [-0.15, -0.1) is 0 Å². The zero-order chi connectivity index (χ0) is 23.6. The van der Waals surface area contributed by atoms with E-state index in [4.69, 9.17) is 27.0 Å². The fourth-order valence-electron chi connectivity index (χ4n) is 2.18. The molecule has 7 N–H and O–H groups in total. The summed E-state index contributed by atoms with van der Waals surface area (Å²) in [4.78, 5) is 29.9. The van der Waals surface area contributed by atoms with E-state index >= 15 is 0 Å². The standard InChI is InChI=1S/C8H11NO.C7H5NO3.C6H14N2O2/c1-10-8-5-3-2-4-7(8)6-9;9-5-6-1-3-7(4-2-6)8(10)11;7-4-2-1-3-5(8)6(9)10/h2-5H,6,9H2,1H3;1-5H;5H,1-4,7-8H2,(H,9,10)/t;;5-/m..0/s1. The smallest absolute Gasteiger partial charge is 0.320 e. The molecule has 0 unspecified atom stereocenters. The number of nitro groups is 1. The normalized spacial score (nSPS) is 10.5. The first-order valence-corrected chi connectivity index (χ1v) is 9.50. The highest BCUT2D eigenvalue weighted by Crippen LogP contribution is 2.15. The fraction of sp³-hybridized carbons (Fsp3) is 0.333. The van der Waals surface area contributed by atoms with E-state index in [0.717, 1.165) is 24.2 Å². The number of methoxy groups -OCH3 is 1. The molecule has 0 amide bonds. The number of para-hydroxylation sites is 1. The first kappa shape index (κ1) is 27.7. The number of non-ortho nitro benzene ring substituents is 1. The van der Waals surface area contributed by atoms with E-state index in [9.17, 15) is 19.7 Å². The second-order valence-electron chi connectivity index (χ2n) is 6.21. The van der Waals surface area contributed by atoms with Gasteiger partial charge in [-0.3, -0.25) is 19.7 Å². The highest BCUT2D eigenvalue weighted by Gasteiger charge is 2.09. The molecule has 0 saturated carbocycles. The summed E-state index contributed by atoms with van der Waals surface area (Å²) in [5.41, 5.74) is 17.3. The van der Waals surface area contributed by atoms with Crippen LogP contribution in [0.4, 0.5) is 5.69 Å². The van der Waals surface area contributed by atoms with Crippen LogP contribution in [0.1, 0.15) is 35.2 Å². The van der Waals surface area contributed by atoms with Crippen LogP contribution in [0, 0.1) is 10.1 Å². The molecule has 2 aromatic carbocycles. The van der Waals surface area contributed by atoms with Gasteiger partial charge < -0.3 is 27.0 Å². The van der Waals surface area contributed by atoms with E-state index in [1.807, 2.05) is 24.3 Å². The van der Waals surface area contributed by atoms with Crippen LogP contribution >= 0.6 is 0 Å². The van der Waals surface area contributed by atoms with Gasteiger partial charge in [0, 0.05) is 29.8 Å². The van der Waals surface area contributed by atoms with Gasteiger partial charge in [0.2, 0.25) is 0 Å². The van der Waals surface area contributed by atoms with Crippen molar-refractivity contribution in [2.45, 2.75) is 31.8 Å². The minimum atomic E-state index is -0.933. The van der Waals surface area contributed by atoms with Crippen molar-refractivity contribution in [2.75, 3.05) is 13.7 Å². The average molecular weight is 434 g/mol. The lowest BCUT2D eigenvalue weighted by Gasteiger charge is -2.03. The van der Waals surface area contributed by atoms with E-state index in [1.54, 1.807) is 7.11 Å². The second kappa shape index (κ2) is 16.5. The molecule has 0 aliphatic heterocycles. The van der Waals surface area contributed by atoms with Gasteiger partial charge in [-0.2, -0.15) is 0 Å². The van der Waals surface area contributed by atoms with Gasteiger partial charge >= 0.3 is 5.97 Å². The Morgan fingerprint density at radius 2 is 1.77 bits per heavy atom. The Balaban J connectivity index is 0.000000436. The quantitative estimate of drug-likeness (QED) is 0.198.